The standard InChI is InChI=1S/C22H22N2O4/c1-3-4-13-27-19-11-5-16(6-12-19)14-20-22(26)28-21(24-20)17-7-9-18(10-8-17)23-15(2)25/h5-12,14H,3-4,13H2,1-2H3,(H,23,25)/b20-14-. The minimum Gasteiger partial charge on any atom is -0.494 e. The summed E-state index contributed by atoms with van der Waals surface area (Å²) in [6.07, 6.45) is 3.78. The van der Waals surface area contributed by atoms with Gasteiger partial charge in [0.05, 0.1) is 6.61 Å². The number of cyclic esters (lactones) is 1. The van der Waals surface area contributed by atoms with Gasteiger partial charge < -0.3 is 14.8 Å². The molecule has 1 heterocycles. The molecule has 3 rings (SSSR count). The van der Waals surface area contributed by atoms with Crippen molar-refractivity contribution in [1.82, 2.24) is 0 Å². The molecule has 2 aromatic carbocycles. The predicted molar refractivity (Wildman–Crippen MR) is 108 cm³/mol. The number of hydrogen-bond acceptors (Lipinski definition) is 5. The second kappa shape index (κ2) is 8.99. The van der Waals surface area contributed by atoms with Gasteiger partial charge in [0.25, 0.3) is 0 Å². The zero-order chi connectivity index (χ0) is 19.9. The van der Waals surface area contributed by atoms with Crippen LogP contribution in [-0.2, 0) is 14.3 Å². The average molecular weight is 378 g/mol. The maximum absolute atomic E-state index is 12.1. The van der Waals surface area contributed by atoms with Crippen LogP contribution in [0.15, 0.2) is 59.2 Å². The minimum absolute atomic E-state index is 0.149. The molecule has 1 aliphatic heterocycles. The van der Waals surface area contributed by atoms with Crippen LogP contribution in [0.25, 0.3) is 6.08 Å². The molecule has 1 amide bonds. The number of benzene rings is 2. The highest BCUT2D eigenvalue weighted by Crippen LogP contribution is 2.21. The SMILES string of the molecule is CCCCOc1ccc(/C=C2\N=C(c3ccc(NC(C)=O)cc3)OC2=O)cc1. The van der Waals surface area contributed by atoms with Crippen LogP contribution in [0.3, 0.4) is 0 Å². The van der Waals surface area contributed by atoms with Gasteiger partial charge in [-0.05, 0) is 54.5 Å². The van der Waals surface area contributed by atoms with Crippen LogP contribution in [0.5, 0.6) is 5.75 Å². The quantitative estimate of drug-likeness (QED) is 0.446. The Morgan fingerprint density at radius 2 is 1.86 bits per heavy atom. The molecule has 6 nitrogen and oxygen atoms in total. The maximum atomic E-state index is 12.1. The Balaban J connectivity index is 1.71. The Bertz CT molecular complexity index is 913. The van der Waals surface area contributed by atoms with Gasteiger partial charge in [-0.1, -0.05) is 25.5 Å². The van der Waals surface area contributed by atoms with Gasteiger partial charge in [0.1, 0.15) is 5.75 Å². The lowest BCUT2D eigenvalue weighted by Gasteiger charge is -2.05. The van der Waals surface area contributed by atoms with E-state index in [4.69, 9.17) is 9.47 Å². The zero-order valence-electron chi connectivity index (χ0n) is 15.9. The lowest BCUT2D eigenvalue weighted by Crippen LogP contribution is -2.07. The van der Waals surface area contributed by atoms with E-state index in [1.807, 2.05) is 24.3 Å². The van der Waals surface area contributed by atoms with Crippen molar-refractivity contribution in [2.45, 2.75) is 26.7 Å². The van der Waals surface area contributed by atoms with Crippen LogP contribution in [0.4, 0.5) is 5.69 Å². The van der Waals surface area contributed by atoms with Crippen molar-refractivity contribution < 1.29 is 19.1 Å². The van der Waals surface area contributed by atoms with Crippen LogP contribution in [0.2, 0.25) is 0 Å². The van der Waals surface area contributed by atoms with Crippen molar-refractivity contribution >= 4 is 29.5 Å². The molecule has 6 heteroatoms. The summed E-state index contributed by atoms with van der Waals surface area (Å²) < 4.78 is 10.9. The van der Waals surface area contributed by atoms with E-state index in [2.05, 4.69) is 17.2 Å². The fourth-order valence-electron chi connectivity index (χ4n) is 2.58. The molecule has 144 valence electrons. The number of unbranched alkanes of at least 4 members (excludes halogenated alkanes) is 1. The third-order valence-electron chi connectivity index (χ3n) is 4.02. The fraction of sp³-hybridized carbons (Fsp3) is 0.227. The van der Waals surface area contributed by atoms with Gasteiger partial charge in [0, 0.05) is 18.2 Å². The summed E-state index contributed by atoms with van der Waals surface area (Å²) in [7, 11) is 0. The minimum atomic E-state index is -0.496. The lowest BCUT2D eigenvalue weighted by molar-refractivity contribution is -0.129. The first-order valence-corrected chi connectivity index (χ1v) is 9.18. The molecule has 2 aromatic rings. The molecule has 0 saturated carbocycles. The number of amides is 1. The smallest absolute Gasteiger partial charge is 0.363 e. The van der Waals surface area contributed by atoms with Crippen molar-refractivity contribution in [3.8, 4) is 5.75 Å². The molecule has 1 N–H and O–H groups in total. The number of esters is 1. The first kappa shape index (κ1) is 19.4. The number of nitrogens with one attached hydrogen (secondary N) is 1. The number of nitrogens with zero attached hydrogens (tertiary/aromatic N) is 1. The summed E-state index contributed by atoms with van der Waals surface area (Å²) in [5, 5.41) is 2.69. The van der Waals surface area contributed by atoms with E-state index in [0.717, 1.165) is 24.2 Å². The van der Waals surface area contributed by atoms with Crippen molar-refractivity contribution in [1.29, 1.82) is 0 Å². The Labute approximate surface area is 163 Å². The summed E-state index contributed by atoms with van der Waals surface area (Å²) >= 11 is 0. The monoisotopic (exact) mass is 378 g/mol. The van der Waals surface area contributed by atoms with Gasteiger partial charge in [0.15, 0.2) is 5.70 Å². The number of ether oxygens (including phenoxy) is 2. The van der Waals surface area contributed by atoms with E-state index in [0.29, 0.717) is 17.9 Å². The van der Waals surface area contributed by atoms with Gasteiger partial charge in [-0.15, -0.1) is 0 Å². The number of carbonyl (C=O) groups excluding carboxylic acids is 2. The molecule has 0 aromatic heterocycles. The van der Waals surface area contributed by atoms with Crippen molar-refractivity contribution in [3.63, 3.8) is 0 Å². The number of hydrogen-bond donors (Lipinski definition) is 1. The van der Waals surface area contributed by atoms with Gasteiger partial charge >= 0.3 is 5.97 Å². The fourth-order valence-corrected chi connectivity index (χ4v) is 2.58. The second-order valence-corrected chi connectivity index (χ2v) is 6.37. The van der Waals surface area contributed by atoms with E-state index in [9.17, 15) is 9.59 Å². The van der Waals surface area contributed by atoms with Gasteiger partial charge in [-0.25, -0.2) is 9.79 Å². The second-order valence-electron chi connectivity index (χ2n) is 6.37. The average Bonchev–Trinajstić information content (AvgIpc) is 3.04. The van der Waals surface area contributed by atoms with Crippen LogP contribution >= 0.6 is 0 Å². The predicted octanol–water partition coefficient (Wildman–Crippen LogP) is 4.17. The largest absolute Gasteiger partial charge is 0.494 e. The first-order valence-electron chi connectivity index (χ1n) is 9.18. The highest BCUT2D eigenvalue weighted by Gasteiger charge is 2.24. The summed E-state index contributed by atoms with van der Waals surface area (Å²) in [5.74, 6) is 0.395. The molecule has 0 atom stereocenters. The number of rotatable bonds is 7. The Morgan fingerprint density at radius 3 is 2.50 bits per heavy atom. The van der Waals surface area contributed by atoms with E-state index in [1.54, 1.807) is 30.3 Å². The molecule has 0 bridgehead atoms. The number of aliphatic imine (C=N–C) groups is 1. The van der Waals surface area contributed by atoms with Crippen LogP contribution < -0.4 is 10.1 Å². The van der Waals surface area contributed by atoms with Crippen molar-refractivity contribution in [3.05, 3.63) is 65.4 Å². The van der Waals surface area contributed by atoms with Gasteiger partial charge in [0.2, 0.25) is 11.8 Å². The highest BCUT2D eigenvalue weighted by atomic mass is 16.6. The van der Waals surface area contributed by atoms with Crippen molar-refractivity contribution in [2.24, 2.45) is 4.99 Å². The lowest BCUT2D eigenvalue weighted by atomic mass is 10.2. The molecule has 0 saturated heterocycles. The maximum Gasteiger partial charge on any atom is 0.363 e. The number of anilines is 1. The first-order chi connectivity index (χ1) is 13.5. The zero-order valence-corrected chi connectivity index (χ0v) is 15.9. The van der Waals surface area contributed by atoms with E-state index >= 15 is 0 Å². The Kier molecular flexibility index (Phi) is 6.22. The van der Waals surface area contributed by atoms with Crippen molar-refractivity contribution in [2.75, 3.05) is 11.9 Å². The van der Waals surface area contributed by atoms with E-state index < -0.39 is 5.97 Å². The topological polar surface area (TPSA) is 77.0 Å². The van der Waals surface area contributed by atoms with Gasteiger partial charge in [-0.2, -0.15) is 0 Å². The summed E-state index contributed by atoms with van der Waals surface area (Å²) in [4.78, 5) is 27.5. The van der Waals surface area contributed by atoms with Crippen LogP contribution in [-0.4, -0.2) is 24.4 Å². The Hall–Kier alpha value is -3.41. The molecular formula is C22H22N2O4. The highest BCUT2D eigenvalue weighted by molar-refractivity contribution is 6.13. The Morgan fingerprint density at radius 1 is 1.14 bits per heavy atom. The molecule has 0 radical (unpaired) electrons. The molecular weight excluding hydrogens is 356 g/mol. The van der Waals surface area contributed by atoms with E-state index in [1.165, 1.54) is 6.92 Å². The van der Waals surface area contributed by atoms with Crippen LogP contribution in [0.1, 0.15) is 37.8 Å². The summed E-state index contributed by atoms with van der Waals surface area (Å²) in [5.41, 5.74) is 2.39. The molecule has 0 fully saturated rings. The van der Waals surface area contributed by atoms with Gasteiger partial charge in [-0.3, -0.25) is 4.79 Å². The summed E-state index contributed by atoms with van der Waals surface area (Å²) in [6, 6.07) is 14.4. The molecule has 1 aliphatic rings. The summed E-state index contributed by atoms with van der Waals surface area (Å²) in [6.45, 7) is 4.25. The molecule has 28 heavy (non-hydrogen) atoms. The van der Waals surface area contributed by atoms with Crippen LogP contribution in [0, 0.1) is 0 Å². The third-order valence-corrected chi connectivity index (χ3v) is 4.02. The third kappa shape index (κ3) is 5.07. The molecule has 0 spiro atoms. The van der Waals surface area contributed by atoms with E-state index in [-0.39, 0.29) is 17.5 Å². The molecule has 0 unspecified atom stereocenters. The molecule has 0 aliphatic carbocycles. The normalized spacial score (nSPS) is 14.6. The number of carbonyl (C=O) groups is 2.